The Morgan fingerprint density at radius 1 is 1.29 bits per heavy atom. The first-order valence-corrected chi connectivity index (χ1v) is 7.86. The number of ether oxygens (including phenoxy) is 3. The van der Waals surface area contributed by atoms with Crippen LogP contribution >= 0.6 is 0 Å². The fourth-order valence-corrected chi connectivity index (χ4v) is 3.04. The van der Waals surface area contributed by atoms with Crippen molar-refractivity contribution in [2.75, 3.05) is 27.4 Å². The molecule has 118 valence electrons. The summed E-state index contributed by atoms with van der Waals surface area (Å²) in [6.45, 7) is 3.95. The molecule has 1 saturated heterocycles. The highest BCUT2D eigenvalue weighted by atomic mass is 16.5. The van der Waals surface area contributed by atoms with Crippen LogP contribution in [0.2, 0.25) is 0 Å². The maximum atomic E-state index is 5.74. The molecule has 0 bridgehead atoms. The van der Waals surface area contributed by atoms with Crippen molar-refractivity contribution in [2.24, 2.45) is 0 Å². The highest BCUT2D eigenvalue weighted by Gasteiger charge is 2.23. The zero-order valence-electron chi connectivity index (χ0n) is 13.4. The maximum Gasteiger partial charge on any atom is 0.127 e. The van der Waals surface area contributed by atoms with Crippen molar-refractivity contribution >= 4 is 0 Å². The van der Waals surface area contributed by atoms with E-state index in [1.54, 1.807) is 14.2 Å². The van der Waals surface area contributed by atoms with Crippen molar-refractivity contribution in [1.29, 1.82) is 0 Å². The van der Waals surface area contributed by atoms with Crippen LogP contribution in [0.3, 0.4) is 0 Å². The highest BCUT2D eigenvalue weighted by molar-refractivity contribution is 5.47. The molecule has 0 radical (unpaired) electrons. The lowest BCUT2D eigenvalue weighted by atomic mass is 9.97. The largest absolute Gasteiger partial charge is 0.496 e. The molecule has 0 aliphatic carbocycles. The third-order valence-corrected chi connectivity index (χ3v) is 4.07. The van der Waals surface area contributed by atoms with Gasteiger partial charge < -0.3 is 19.5 Å². The standard InChI is InChI=1S/C17H27NO3/c1-4-18-14(11-10-13-7-6-12-21-13)17-15(19-2)8-5-9-16(17)20-3/h5,8-9,13-14,18H,4,6-7,10-12H2,1-3H3. The Morgan fingerprint density at radius 2 is 2.00 bits per heavy atom. The summed E-state index contributed by atoms with van der Waals surface area (Å²) in [5.74, 6) is 1.76. The smallest absolute Gasteiger partial charge is 0.127 e. The van der Waals surface area contributed by atoms with Gasteiger partial charge in [-0.3, -0.25) is 0 Å². The lowest BCUT2D eigenvalue weighted by molar-refractivity contribution is 0.0994. The van der Waals surface area contributed by atoms with Gasteiger partial charge in [0.1, 0.15) is 11.5 Å². The van der Waals surface area contributed by atoms with Crippen molar-refractivity contribution < 1.29 is 14.2 Å². The van der Waals surface area contributed by atoms with E-state index in [1.165, 1.54) is 12.8 Å². The molecule has 1 fully saturated rings. The molecule has 0 spiro atoms. The summed E-state index contributed by atoms with van der Waals surface area (Å²) >= 11 is 0. The highest BCUT2D eigenvalue weighted by Crippen LogP contribution is 2.36. The average Bonchev–Trinajstić information content (AvgIpc) is 3.04. The molecule has 0 aromatic heterocycles. The van der Waals surface area contributed by atoms with Crippen molar-refractivity contribution in [3.8, 4) is 11.5 Å². The van der Waals surface area contributed by atoms with E-state index in [0.717, 1.165) is 43.1 Å². The van der Waals surface area contributed by atoms with Crippen molar-refractivity contribution in [3.63, 3.8) is 0 Å². The van der Waals surface area contributed by atoms with Gasteiger partial charge in [0.25, 0.3) is 0 Å². The van der Waals surface area contributed by atoms with Crippen molar-refractivity contribution in [3.05, 3.63) is 23.8 Å². The fourth-order valence-electron chi connectivity index (χ4n) is 3.04. The van der Waals surface area contributed by atoms with E-state index in [1.807, 2.05) is 18.2 Å². The molecule has 1 aromatic rings. The van der Waals surface area contributed by atoms with E-state index in [4.69, 9.17) is 14.2 Å². The number of rotatable bonds is 8. The van der Waals surface area contributed by atoms with E-state index >= 15 is 0 Å². The summed E-state index contributed by atoms with van der Waals surface area (Å²) in [6.07, 6.45) is 4.87. The molecule has 1 aromatic carbocycles. The van der Waals surface area contributed by atoms with E-state index < -0.39 is 0 Å². The Balaban J connectivity index is 2.15. The second-order valence-corrected chi connectivity index (χ2v) is 5.40. The van der Waals surface area contributed by atoms with Gasteiger partial charge in [0.2, 0.25) is 0 Å². The minimum absolute atomic E-state index is 0.227. The Morgan fingerprint density at radius 3 is 2.52 bits per heavy atom. The third kappa shape index (κ3) is 4.11. The maximum absolute atomic E-state index is 5.74. The normalized spacial score (nSPS) is 19.5. The van der Waals surface area contributed by atoms with Crippen LogP contribution in [0, 0.1) is 0 Å². The molecule has 1 aliphatic rings. The quantitative estimate of drug-likeness (QED) is 0.798. The van der Waals surface area contributed by atoms with Gasteiger partial charge in [-0.1, -0.05) is 13.0 Å². The molecule has 4 heteroatoms. The van der Waals surface area contributed by atoms with Crippen LogP contribution < -0.4 is 14.8 Å². The molecule has 2 rings (SSSR count). The van der Waals surface area contributed by atoms with E-state index in [2.05, 4.69) is 12.2 Å². The fraction of sp³-hybridized carbons (Fsp3) is 0.647. The first kappa shape index (κ1) is 16.1. The Bertz CT molecular complexity index is 408. The van der Waals surface area contributed by atoms with Gasteiger partial charge in [-0.05, 0) is 44.4 Å². The Hall–Kier alpha value is -1.26. The number of benzene rings is 1. The van der Waals surface area contributed by atoms with Gasteiger partial charge in [0.05, 0.1) is 25.9 Å². The second-order valence-electron chi connectivity index (χ2n) is 5.40. The molecule has 4 nitrogen and oxygen atoms in total. The zero-order chi connectivity index (χ0) is 15.1. The lowest BCUT2D eigenvalue weighted by Gasteiger charge is -2.24. The van der Waals surface area contributed by atoms with Crippen LogP contribution in [0.5, 0.6) is 11.5 Å². The zero-order valence-corrected chi connectivity index (χ0v) is 13.4. The lowest BCUT2D eigenvalue weighted by Crippen LogP contribution is -2.23. The number of nitrogens with one attached hydrogen (secondary N) is 1. The van der Waals surface area contributed by atoms with Crippen LogP contribution in [0.15, 0.2) is 18.2 Å². The molecule has 2 unspecified atom stereocenters. The summed E-state index contributed by atoms with van der Waals surface area (Å²) in [6, 6.07) is 6.18. The molecule has 21 heavy (non-hydrogen) atoms. The topological polar surface area (TPSA) is 39.7 Å². The molecular formula is C17H27NO3. The molecule has 1 aliphatic heterocycles. The van der Waals surface area contributed by atoms with Crippen LogP contribution in [0.25, 0.3) is 0 Å². The number of hydrogen-bond donors (Lipinski definition) is 1. The van der Waals surface area contributed by atoms with Gasteiger partial charge in [-0.2, -0.15) is 0 Å². The van der Waals surface area contributed by atoms with Crippen LogP contribution in [0.4, 0.5) is 0 Å². The first-order valence-electron chi connectivity index (χ1n) is 7.86. The van der Waals surface area contributed by atoms with E-state index in [9.17, 15) is 0 Å². The minimum Gasteiger partial charge on any atom is -0.496 e. The van der Waals surface area contributed by atoms with Gasteiger partial charge in [0.15, 0.2) is 0 Å². The summed E-state index contributed by atoms with van der Waals surface area (Å²) in [7, 11) is 3.42. The first-order chi connectivity index (χ1) is 10.3. The van der Waals surface area contributed by atoms with Gasteiger partial charge in [0, 0.05) is 12.6 Å². The van der Waals surface area contributed by atoms with Gasteiger partial charge in [-0.15, -0.1) is 0 Å². The summed E-state index contributed by atoms with van der Waals surface area (Å²) in [4.78, 5) is 0. The Kier molecular flexibility index (Phi) is 6.33. The molecule has 0 amide bonds. The van der Waals surface area contributed by atoms with Crippen molar-refractivity contribution in [1.82, 2.24) is 5.32 Å². The Labute approximate surface area is 127 Å². The molecular weight excluding hydrogens is 266 g/mol. The summed E-state index contributed by atoms with van der Waals surface area (Å²) in [5.41, 5.74) is 1.11. The predicted octanol–water partition coefficient (Wildman–Crippen LogP) is 3.31. The monoisotopic (exact) mass is 293 g/mol. The van der Waals surface area contributed by atoms with E-state index in [0.29, 0.717) is 6.10 Å². The summed E-state index contributed by atoms with van der Waals surface area (Å²) in [5, 5.41) is 3.56. The van der Waals surface area contributed by atoms with Gasteiger partial charge >= 0.3 is 0 Å². The SMILES string of the molecule is CCNC(CCC1CCCO1)c1c(OC)cccc1OC. The van der Waals surface area contributed by atoms with Crippen LogP contribution in [0.1, 0.15) is 44.2 Å². The molecule has 1 N–H and O–H groups in total. The second kappa shape index (κ2) is 8.25. The van der Waals surface area contributed by atoms with E-state index in [-0.39, 0.29) is 6.04 Å². The minimum atomic E-state index is 0.227. The number of hydrogen-bond acceptors (Lipinski definition) is 4. The van der Waals surface area contributed by atoms with Gasteiger partial charge in [-0.25, -0.2) is 0 Å². The average molecular weight is 293 g/mol. The van der Waals surface area contributed by atoms with Crippen LogP contribution in [-0.4, -0.2) is 33.5 Å². The molecule has 1 heterocycles. The summed E-state index contributed by atoms with van der Waals surface area (Å²) < 4.78 is 16.8. The predicted molar refractivity (Wildman–Crippen MR) is 84.2 cm³/mol. The molecule has 2 atom stereocenters. The van der Waals surface area contributed by atoms with Crippen LogP contribution in [-0.2, 0) is 4.74 Å². The van der Waals surface area contributed by atoms with Crippen molar-refractivity contribution in [2.45, 2.75) is 44.8 Å². The third-order valence-electron chi connectivity index (χ3n) is 4.07. The molecule has 0 saturated carbocycles. The number of methoxy groups -OCH3 is 2.